The average molecular weight is 705 g/mol. The third-order valence-corrected chi connectivity index (χ3v) is 16.3. The SMILES string of the molecule is C[Si]1(C)c2ccccc2C2(c3ccccc3-n3c4ccccc4c4cccc2c43)c2cc(-c3ccc4c5ccccc5n(-c5ccccc5)c4c3)ccc21. The maximum absolute atomic E-state index is 2.57. The zero-order valence-electron chi connectivity index (χ0n) is 30.2. The Balaban J connectivity index is 1.20. The Morgan fingerprint density at radius 1 is 0.389 bits per heavy atom. The topological polar surface area (TPSA) is 9.86 Å². The van der Waals surface area contributed by atoms with E-state index < -0.39 is 13.5 Å². The third kappa shape index (κ3) is 3.65. The number of para-hydroxylation sites is 5. The molecule has 2 aromatic heterocycles. The van der Waals surface area contributed by atoms with Gasteiger partial charge in [0, 0.05) is 27.2 Å². The predicted octanol–water partition coefficient (Wildman–Crippen LogP) is 11.4. The van der Waals surface area contributed by atoms with E-state index in [0.29, 0.717) is 0 Å². The monoisotopic (exact) mass is 704 g/mol. The van der Waals surface area contributed by atoms with Crippen LogP contribution < -0.4 is 10.4 Å². The van der Waals surface area contributed by atoms with Gasteiger partial charge in [0.25, 0.3) is 0 Å². The fraction of sp³-hybridized carbons (Fsp3) is 0.0588. The Bertz CT molecular complexity index is 3200. The van der Waals surface area contributed by atoms with Gasteiger partial charge in [0.05, 0.1) is 33.2 Å². The lowest BCUT2D eigenvalue weighted by Gasteiger charge is -2.49. The van der Waals surface area contributed by atoms with Crippen molar-refractivity contribution < 1.29 is 0 Å². The Hall–Kier alpha value is -6.42. The Morgan fingerprint density at radius 3 is 1.80 bits per heavy atom. The summed E-state index contributed by atoms with van der Waals surface area (Å²) in [5.41, 5.74) is 15.0. The van der Waals surface area contributed by atoms with Gasteiger partial charge in [0.15, 0.2) is 0 Å². The lowest BCUT2D eigenvalue weighted by Crippen LogP contribution is -2.63. The molecular formula is C51H36N2Si. The quantitative estimate of drug-likeness (QED) is 0.159. The van der Waals surface area contributed by atoms with Gasteiger partial charge in [-0.2, -0.15) is 0 Å². The van der Waals surface area contributed by atoms with E-state index >= 15 is 0 Å². The zero-order valence-corrected chi connectivity index (χ0v) is 31.2. The first-order chi connectivity index (χ1) is 26.6. The number of hydrogen-bond donors (Lipinski definition) is 0. The highest BCUT2D eigenvalue weighted by Crippen LogP contribution is 2.55. The van der Waals surface area contributed by atoms with Gasteiger partial charge >= 0.3 is 0 Å². The molecule has 2 aliphatic heterocycles. The second-order valence-electron chi connectivity index (χ2n) is 15.7. The van der Waals surface area contributed by atoms with Gasteiger partial charge in [0.2, 0.25) is 0 Å². The Labute approximate surface area is 315 Å². The molecule has 10 aromatic rings. The van der Waals surface area contributed by atoms with Crippen molar-refractivity contribution in [2.45, 2.75) is 18.5 Å². The van der Waals surface area contributed by atoms with Gasteiger partial charge < -0.3 is 9.13 Å². The van der Waals surface area contributed by atoms with Gasteiger partial charge in [-0.1, -0.05) is 153 Å². The molecule has 0 amide bonds. The molecule has 1 unspecified atom stereocenters. The summed E-state index contributed by atoms with van der Waals surface area (Å²) in [5.74, 6) is 0. The molecule has 3 heteroatoms. The summed E-state index contributed by atoms with van der Waals surface area (Å²) in [7, 11) is -2.12. The van der Waals surface area contributed by atoms with Crippen molar-refractivity contribution in [3.63, 3.8) is 0 Å². The van der Waals surface area contributed by atoms with E-state index in [2.05, 4.69) is 204 Å². The first-order valence-electron chi connectivity index (χ1n) is 19.0. The first-order valence-corrected chi connectivity index (χ1v) is 22.0. The first kappa shape index (κ1) is 30.1. The van der Waals surface area contributed by atoms with E-state index in [0.717, 1.165) is 0 Å². The fourth-order valence-electron chi connectivity index (χ4n) is 10.5. The molecule has 2 aliphatic rings. The summed E-state index contributed by atoms with van der Waals surface area (Å²) in [6.45, 7) is 5.10. The molecule has 0 saturated heterocycles. The van der Waals surface area contributed by atoms with Crippen molar-refractivity contribution in [1.82, 2.24) is 9.13 Å². The summed E-state index contributed by atoms with van der Waals surface area (Å²) in [6, 6.07) is 68.8. The van der Waals surface area contributed by atoms with E-state index in [-0.39, 0.29) is 0 Å². The molecule has 12 rings (SSSR count). The van der Waals surface area contributed by atoms with Crippen LogP contribution in [0.3, 0.4) is 0 Å². The predicted molar refractivity (Wildman–Crippen MR) is 229 cm³/mol. The molecule has 0 aliphatic carbocycles. The molecule has 4 heterocycles. The summed E-state index contributed by atoms with van der Waals surface area (Å²) in [6.07, 6.45) is 0. The zero-order chi connectivity index (χ0) is 35.8. The Kier molecular flexibility index (Phi) is 5.90. The molecule has 2 nitrogen and oxygen atoms in total. The molecule has 0 radical (unpaired) electrons. The van der Waals surface area contributed by atoms with Crippen molar-refractivity contribution in [2.24, 2.45) is 0 Å². The van der Waals surface area contributed by atoms with Gasteiger partial charge in [-0.05, 0) is 86.2 Å². The maximum Gasteiger partial charge on any atom is 0.113 e. The number of hydrogen-bond acceptors (Lipinski definition) is 0. The van der Waals surface area contributed by atoms with Crippen LogP contribution in [0.15, 0.2) is 182 Å². The number of fused-ring (bicyclic) bond motifs is 14. The van der Waals surface area contributed by atoms with Gasteiger partial charge in [-0.15, -0.1) is 0 Å². The standard InChI is InChI=1S/C51H36N2Si/c1-54(2)48-26-13-9-21-41(48)51(40-20-8-12-25-46(40)53-45-24-11-7-18-37(45)39-19-14-22-42(51)50(39)53)43-31-33(28-30-49(43)54)34-27-29-38-36-17-6-10-23-44(36)52(47(38)32-34)35-15-4-3-5-16-35/h3-32H,1-2H3. The fourth-order valence-corrected chi connectivity index (χ4v) is 13.7. The summed E-state index contributed by atoms with van der Waals surface area (Å²) >= 11 is 0. The molecule has 8 aromatic carbocycles. The maximum atomic E-state index is 2.57. The molecule has 254 valence electrons. The Morgan fingerprint density at radius 2 is 0.963 bits per heavy atom. The van der Waals surface area contributed by atoms with Crippen molar-refractivity contribution in [3.05, 3.63) is 204 Å². The largest absolute Gasteiger partial charge is 0.309 e. The molecule has 54 heavy (non-hydrogen) atoms. The minimum atomic E-state index is -2.12. The lowest BCUT2D eigenvalue weighted by molar-refractivity contribution is 0.732. The van der Waals surface area contributed by atoms with Crippen LogP contribution in [0.4, 0.5) is 0 Å². The second kappa shape index (κ2) is 10.6. The van der Waals surface area contributed by atoms with E-state index in [9.17, 15) is 0 Å². The molecule has 1 spiro atoms. The van der Waals surface area contributed by atoms with E-state index in [1.165, 1.54) is 98.7 Å². The lowest BCUT2D eigenvalue weighted by atomic mass is 9.62. The molecule has 0 N–H and O–H groups in total. The normalized spacial score (nSPS) is 16.6. The highest BCUT2D eigenvalue weighted by molar-refractivity contribution is 7.01. The van der Waals surface area contributed by atoms with Crippen molar-refractivity contribution in [2.75, 3.05) is 0 Å². The second-order valence-corrected chi connectivity index (χ2v) is 20.0. The minimum Gasteiger partial charge on any atom is -0.309 e. The van der Waals surface area contributed by atoms with Crippen molar-refractivity contribution in [3.8, 4) is 22.5 Å². The van der Waals surface area contributed by atoms with Crippen molar-refractivity contribution >= 4 is 62.1 Å². The summed E-state index contributed by atoms with van der Waals surface area (Å²) in [5, 5.41) is 8.20. The number of nitrogens with zero attached hydrogens (tertiary/aromatic N) is 2. The van der Waals surface area contributed by atoms with Crippen LogP contribution in [-0.4, -0.2) is 17.2 Å². The van der Waals surface area contributed by atoms with Crippen LogP contribution >= 0.6 is 0 Å². The van der Waals surface area contributed by atoms with Gasteiger partial charge in [-0.25, -0.2) is 0 Å². The van der Waals surface area contributed by atoms with Crippen LogP contribution in [0.5, 0.6) is 0 Å². The van der Waals surface area contributed by atoms with E-state index in [1.807, 2.05) is 0 Å². The van der Waals surface area contributed by atoms with Crippen LogP contribution in [0.25, 0.3) is 66.1 Å². The highest BCUT2D eigenvalue weighted by atomic mass is 28.3. The smallest absolute Gasteiger partial charge is 0.113 e. The summed E-state index contributed by atoms with van der Waals surface area (Å²) < 4.78 is 4.97. The van der Waals surface area contributed by atoms with Crippen LogP contribution in [-0.2, 0) is 5.41 Å². The molecule has 0 saturated carbocycles. The average Bonchev–Trinajstić information content (AvgIpc) is 3.75. The number of aromatic nitrogens is 2. The number of rotatable bonds is 2. The van der Waals surface area contributed by atoms with Crippen LogP contribution in [0.2, 0.25) is 13.1 Å². The molecule has 0 fully saturated rings. The van der Waals surface area contributed by atoms with Crippen LogP contribution in [0, 0.1) is 0 Å². The van der Waals surface area contributed by atoms with E-state index in [4.69, 9.17) is 0 Å². The van der Waals surface area contributed by atoms with Crippen LogP contribution in [0.1, 0.15) is 22.3 Å². The van der Waals surface area contributed by atoms with Gasteiger partial charge in [0.1, 0.15) is 8.07 Å². The molecule has 0 bridgehead atoms. The minimum absolute atomic E-state index is 0.492. The molecule has 1 atom stereocenters. The number of benzene rings is 8. The van der Waals surface area contributed by atoms with E-state index in [1.54, 1.807) is 0 Å². The van der Waals surface area contributed by atoms with Crippen molar-refractivity contribution in [1.29, 1.82) is 0 Å². The molecular weight excluding hydrogens is 669 g/mol. The third-order valence-electron chi connectivity index (χ3n) is 12.8. The van der Waals surface area contributed by atoms with Gasteiger partial charge in [-0.3, -0.25) is 0 Å². The highest BCUT2D eigenvalue weighted by Gasteiger charge is 2.53. The summed E-state index contributed by atoms with van der Waals surface area (Å²) in [4.78, 5) is 0.